The van der Waals surface area contributed by atoms with Crippen molar-refractivity contribution in [3.63, 3.8) is 0 Å². The van der Waals surface area contributed by atoms with E-state index in [0.717, 1.165) is 27.6 Å². The molecule has 1 amide bonds. The molecule has 0 aliphatic rings. The van der Waals surface area contributed by atoms with E-state index in [1.165, 1.54) is 19.2 Å². The van der Waals surface area contributed by atoms with Gasteiger partial charge in [-0.15, -0.1) is 0 Å². The Kier molecular flexibility index (Phi) is 8.05. The minimum Gasteiger partial charge on any atom is -0.467 e. The van der Waals surface area contributed by atoms with E-state index in [9.17, 15) is 18.0 Å². The highest BCUT2D eigenvalue weighted by atomic mass is 32.2. The van der Waals surface area contributed by atoms with Gasteiger partial charge in [-0.1, -0.05) is 66.2 Å². The molecular formula is C28H29N3O5S. The predicted octanol–water partition coefficient (Wildman–Crippen LogP) is 3.27. The number of aromatic amines is 1. The van der Waals surface area contributed by atoms with Crippen LogP contribution in [0.5, 0.6) is 0 Å². The molecule has 0 aliphatic heterocycles. The summed E-state index contributed by atoms with van der Waals surface area (Å²) in [7, 11) is -2.77. The minimum atomic E-state index is -4.01. The lowest BCUT2D eigenvalue weighted by Gasteiger charge is -2.22. The zero-order chi connectivity index (χ0) is 26.4. The van der Waals surface area contributed by atoms with Crippen molar-refractivity contribution in [1.29, 1.82) is 0 Å². The summed E-state index contributed by atoms with van der Waals surface area (Å²) in [5, 5.41) is 3.64. The molecular weight excluding hydrogens is 490 g/mol. The van der Waals surface area contributed by atoms with Crippen molar-refractivity contribution in [3.05, 3.63) is 102 Å². The van der Waals surface area contributed by atoms with Crippen LogP contribution in [0.15, 0.2) is 90.0 Å². The molecule has 1 aromatic heterocycles. The lowest BCUT2D eigenvalue weighted by Crippen LogP contribution is -2.53. The summed E-state index contributed by atoms with van der Waals surface area (Å²) >= 11 is 0. The summed E-state index contributed by atoms with van der Waals surface area (Å²) in [5.41, 5.74) is 3.41. The van der Waals surface area contributed by atoms with Crippen LogP contribution in [0, 0.1) is 6.92 Å². The molecule has 3 N–H and O–H groups in total. The van der Waals surface area contributed by atoms with Crippen LogP contribution < -0.4 is 10.0 Å². The van der Waals surface area contributed by atoms with Gasteiger partial charge in [0, 0.05) is 23.5 Å². The van der Waals surface area contributed by atoms with Gasteiger partial charge in [-0.25, -0.2) is 13.2 Å². The van der Waals surface area contributed by atoms with Gasteiger partial charge >= 0.3 is 5.97 Å². The second-order valence-electron chi connectivity index (χ2n) is 8.82. The van der Waals surface area contributed by atoms with Crippen LogP contribution >= 0.6 is 0 Å². The molecule has 2 atom stereocenters. The fraction of sp³-hybridized carbons (Fsp3) is 0.214. The molecule has 3 aromatic carbocycles. The first-order valence-electron chi connectivity index (χ1n) is 11.8. The lowest BCUT2D eigenvalue weighted by molar-refractivity contribution is -0.145. The number of H-pyrrole nitrogens is 1. The van der Waals surface area contributed by atoms with Crippen LogP contribution in [0.4, 0.5) is 0 Å². The van der Waals surface area contributed by atoms with Crippen molar-refractivity contribution in [1.82, 2.24) is 15.0 Å². The second-order valence-corrected chi connectivity index (χ2v) is 10.5. The van der Waals surface area contributed by atoms with E-state index in [1.807, 2.05) is 61.5 Å². The van der Waals surface area contributed by atoms with Gasteiger partial charge in [-0.2, -0.15) is 4.72 Å². The molecule has 0 bridgehead atoms. The molecule has 1 heterocycles. The number of benzene rings is 3. The average molecular weight is 520 g/mol. The Labute approximate surface area is 216 Å². The highest BCUT2D eigenvalue weighted by Gasteiger charge is 2.30. The minimum absolute atomic E-state index is 0.0484. The molecule has 4 rings (SSSR count). The largest absolute Gasteiger partial charge is 0.467 e. The van der Waals surface area contributed by atoms with Gasteiger partial charge < -0.3 is 15.0 Å². The standard InChI is InChI=1S/C28H29N3O5S/c1-19-12-14-22(15-13-19)37(34,35)31-25(16-20-8-4-3-5-9-20)27(32)30-26(28(33)36-2)17-21-18-29-24-11-7-6-10-23(21)24/h3-15,18,25-26,29,31H,16-17H2,1-2H3,(H,30,32)/t25-,26-/m1/s1. The Bertz CT molecular complexity index is 1480. The second kappa shape index (κ2) is 11.4. The molecule has 9 heteroatoms. The number of para-hydroxylation sites is 1. The number of carbonyl (C=O) groups excluding carboxylic acids is 2. The number of hydrogen-bond acceptors (Lipinski definition) is 5. The number of aromatic nitrogens is 1. The summed E-state index contributed by atoms with van der Waals surface area (Å²) in [6.07, 6.45) is 2.05. The van der Waals surface area contributed by atoms with Crippen molar-refractivity contribution < 1.29 is 22.7 Å². The molecule has 0 radical (unpaired) electrons. The Balaban J connectivity index is 1.60. The Morgan fingerprint density at radius 1 is 0.892 bits per heavy atom. The summed E-state index contributed by atoms with van der Waals surface area (Å²) in [6.45, 7) is 1.86. The fourth-order valence-electron chi connectivity index (χ4n) is 4.14. The molecule has 4 aromatic rings. The summed E-state index contributed by atoms with van der Waals surface area (Å²) in [4.78, 5) is 29.3. The monoisotopic (exact) mass is 519 g/mol. The molecule has 0 aliphatic carbocycles. The number of amides is 1. The topological polar surface area (TPSA) is 117 Å². The van der Waals surface area contributed by atoms with Crippen molar-refractivity contribution in [2.24, 2.45) is 0 Å². The first kappa shape index (κ1) is 26.1. The van der Waals surface area contributed by atoms with Crippen molar-refractivity contribution in [3.8, 4) is 0 Å². The van der Waals surface area contributed by atoms with Crippen molar-refractivity contribution in [2.75, 3.05) is 7.11 Å². The molecule has 0 saturated carbocycles. The van der Waals surface area contributed by atoms with Gasteiger partial charge in [0.1, 0.15) is 12.1 Å². The fourth-order valence-corrected chi connectivity index (χ4v) is 5.33. The maximum Gasteiger partial charge on any atom is 0.328 e. The van der Waals surface area contributed by atoms with Crippen LogP contribution in [0.3, 0.4) is 0 Å². The zero-order valence-electron chi connectivity index (χ0n) is 20.6. The van der Waals surface area contributed by atoms with E-state index >= 15 is 0 Å². The van der Waals surface area contributed by atoms with Crippen LogP contribution in [-0.4, -0.2) is 44.5 Å². The number of rotatable bonds is 10. The maximum absolute atomic E-state index is 13.5. The number of ether oxygens (including phenoxy) is 1. The van der Waals surface area contributed by atoms with E-state index in [-0.39, 0.29) is 17.7 Å². The third-order valence-electron chi connectivity index (χ3n) is 6.13. The maximum atomic E-state index is 13.5. The smallest absolute Gasteiger partial charge is 0.328 e. The van der Waals surface area contributed by atoms with E-state index in [4.69, 9.17) is 4.74 Å². The van der Waals surface area contributed by atoms with Crippen LogP contribution in [-0.2, 0) is 37.2 Å². The molecule has 0 unspecified atom stereocenters. The first-order valence-corrected chi connectivity index (χ1v) is 13.3. The highest BCUT2D eigenvalue weighted by Crippen LogP contribution is 2.20. The van der Waals surface area contributed by atoms with Gasteiger partial charge in [-0.3, -0.25) is 4.79 Å². The van der Waals surface area contributed by atoms with Gasteiger partial charge in [0.25, 0.3) is 0 Å². The highest BCUT2D eigenvalue weighted by molar-refractivity contribution is 7.89. The molecule has 192 valence electrons. The van der Waals surface area contributed by atoms with Gasteiger partial charge in [0.2, 0.25) is 15.9 Å². The van der Waals surface area contributed by atoms with Crippen molar-refractivity contribution in [2.45, 2.75) is 36.7 Å². The Morgan fingerprint density at radius 2 is 1.57 bits per heavy atom. The van der Waals surface area contributed by atoms with Crippen LogP contribution in [0.25, 0.3) is 10.9 Å². The SMILES string of the molecule is COC(=O)[C@@H](Cc1c[nH]c2ccccc12)NC(=O)[C@@H](Cc1ccccc1)NS(=O)(=O)c1ccc(C)cc1. The molecule has 8 nitrogen and oxygen atoms in total. The average Bonchev–Trinajstić information content (AvgIpc) is 3.31. The molecule has 0 spiro atoms. The number of methoxy groups -OCH3 is 1. The van der Waals surface area contributed by atoms with E-state index in [1.54, 1.807) is 18.3 Å². The van der Waals surface area contributed by atoms with Gasteiger partial charge in [-0.05, 0) is 42.7 Å². The Hall–Kier alpha value is -3.95. The number of carbonyl (C=O) groups is 2. The van der Waals surface area contributed by atoms with E-state index < -0.39 is 34.0 Å². The summed E-state index contributed by atoms with van der Waals surface area (Å²) in [6, 6.07) is 20.9. The lowest BCUT2D eigenvalue weighted by atomic mass is 10.0. The zero-order valence-corrected chi connectivity index (χ0v) is 21.4. The third kappa shape index (κ3) is 6.44. The van der Waals surface area contributed by atoms with Crippen LogP contribution in [0.2, 0.25) is 0 Å². The number of esters is 1. The van der Waals surface area contributed by atoms with Crippen molar-refractivity contribution >= 4 is 32.8 Å². The summed E-state index contributed by atoms with van der Waals surface area (Å²) in [5.74, 6) is -1.26. The summed E-state index contributed by atoms with van der Waals surface area (Å²) < 4.78 is 33.8. The van der Waals surface area contributed by atoms with Gasteiger partial charge in [0.05, 0.1) is 12.0 Å². The van der Waals surface area contributed by atoms with Crippen LogP contribution in [0.1, 0.15) is 16.7 Å². The first-order chi connectivity index (χ1) is 17.8. The quantitative estimate of drug-likeness (QED) is 0.278. The number of fused-ring (bicyclic) bond motifs is 1. The molecule has 0 fully saturated rings. The molecule has 37 heavy (non-hydrogen) atoms. The van der Waals surface area contributed by atoms with E-state index in [2.05, 4.69) is 15.0 Å². The number of hydrogen-bond donors (Lipinski definition) is 3. The van der Waals surface area contributed by atoms with E-state index in [0.29, 0.717) is 0 Å². The number of sulfonamides is 1. The molecule has 0 saturated heterocycles. The Morgan fingerprint density at radius 3 is 2.27 bits per heavy atom. The normalized spacial score (nSPS) is 13.1. The predicted molar refractivity (Wildman–Crippen MR) is 141 cm³/mol. The number of nitrogens with one attached hydrogen (secondary N) is 3. The third-order valence-corrected chi connectivity index (χ3v) is 7.62. The van der Waals surface area contributed by atoms with Gasteiger partial charge in [0.15, 0.2) is 0 Å². The number of aryl methyl sites for hydroxylation is 1.